The van der Waals surface area contributed by atoms with Crippen LogP contribution in [0.25, 0.3) is 0 Å². The van der Waals surface area contributed by atoms with Gasteiger partial charge in [0.05, 0.1) is 12.0 Å². The Bertz CT molecular complexity index is 768. The van der Waals surface area contributed by atoms with Gasteiger partial charge in [0.1, 0.15) is 5.75 Å². The zero-order valence-electron chi connectivity index (χ0n) is 13.4. The average Bonchev–Trinajstić information content (AvgIpc) is 3.18. The number of carbonyl (C=O) groups excluding carboxylic acids is 1. The monoisotopic (exact) mass is 341 g/mol. The van der Waals surface area contributed by atoms with E-state index in [0.29, 0.717) is 17.5 Å². The number of ether oxygens (including phenoxy) is 1. The SMILES string of the molecule is O=C1Nc2ccc(Cl)cc2[C@H]1Cc1ccccc1OC1CCCC1. The molecule has 4 rings (SSSR count). The van der Waals surface area contributed by atoms with Crippen LogP contribution in [0.5, 0.6) is 5.75 Å². The molecule has 24 heavy (non-hydrogen) atoms. The van der Waals surface area contributed by atoms with Crippen molar-refractivity contribution in [2.75, 3.05) is 5.32 Å². The maximum atomic E-state index is 12.4. The minimum absolute atomic E-state index is 0.0305. The number of hydrogen-bond acceptors (Lipinski definition) is 2. The number of nitrogens with one attached hydrogen (secondary N) is 1. The smallest absolute Gasteiger partial charge is 0.232 e. The molecule has 1 atom stereocenters. The van der Waals surface area contributed by atoms with Crippen LogP contribution in [-0.2, 0) is 11.2 Å². The number of amides is 1. The standard InChI is InChI=1S/C20H20ClNO2/c21-14-9-10-18-16(12-14)17(20(23)22-18)11-13-5-1-4-8-19(13)24-15-6-2-3-7-15/h1,4-5,8-10,12,15,17H,2-3,6-7,11H2,(H,22,23)/t17-/m1/s1. The zero-order chi connectivity index (χ0) is 16.5. The van der Waals surface area contributed by atoms with Crippen molar-refractivity contribution in [3.63, 3.8) is 0 Å². The van der Waals surface area contributed by atoms with Crippen LogP contribution < -0.4 is 10.1 Å². The Hall–Kier alpha value is -2.00. The van der Waals surface area contributed by atoms with Crippen molar-refractivity contribution in [1.29, 1.82) is 0 Å². The van der Waals surface area contributed by atoms with Crippen molar-refractivity contribution in [2.24, 2.45) is 0 Å². The molecule has 4 heteroatoms. The van der Waals surface area contributed by atoms with E-state index in [9.17, 15) is 4.79 Å². The molecule has 0 saturated heterocycles. The Labute approximate surface area is 147 Å². The third-order valence-electron chi connectivity index (χ3n) is 4.96. The van der Waals surface area contributed by atoms with E-state index < -0.39 is 0 Å². The van der Waals surface area contributed by atoms with Gasteiger partial charge in [-0.05, 0) is 67.5 Å². The molecule has 0 aromatic heterocycles. The van der Waals surface area contributed by atoms with Crippen molar-refractivity contribution < 1.29 is 9.53 Å². The number of benzene rings is 2. The second kappa shape index (κ2) is 6.48. The number of para-hydroxylation sites is 1. The summed E-state index contributed by atoms with van der Waals surface area (Å²) >= 11 is 6.12. The van der Waals surface area contributed by atoms with Gasteiger partial charge in [0.2, 0.25) is 5.91 Å². The molecule has 0 spiro atoms. The third kappa shape index (κ3) is 3.01. The Morgan fingerprint density at radius 3 is 2.75 bits per heavy atom. The van der Waals surface area contributed by atoms with Gasteiger partial charge in [-0.1, -0.05) is 29.8 Å². The topological polar surface area (TPSA) is 38.3 Å². The first-order valence-electron chi connectivity index (χ1n) is 8.55. The molecule has 0 bridgehead atoms. The Kier molecular flexibility index (Phi) is 4.19. The largest absolute Gasteiger partial charge is 0.490 e. The molecule has 0 unspecified atom stereocenters. The van der Waals surface area contributed by atoms with Crippen LogP contribution in [0.1, 0.15) is 42.7 Å². The molecule has 2 aliphatic rings. The molecule has 2 aromatic rings. The molecule has 1 aliphatic heterocycles. The van der Waals surface area contributed by atoms with Crippen molar-refractivity contribution in [3.8, 4) is 5.75 Å². The number of halogens is 1. The van der Waals surface area contributed by atoms with Crippen LogP contribution in [0.15, 0.2) is 42.5 Å². The van der Waals surface area contributed by atoms with E-state index in [1.165, 1.54) is 12.8 Å². The predicted molar refractivity (Wildman–Crippen MR) is 95.9 cm³/mol. The molecule has 1 N–H and O–H groups in total. The quantitative estimate of drug-likeness (QED) is 0.855. The van der Waals surface area contributed by atoms with Gasteiger partial charge in [-0.25, -0.2) is 0 Å². The number of rotatable bonds is 4. The highest BCUT2D eigenvalue weighted by atomic mass is 35.5. The van der Waals surface area contributed by atoms with Crippen LogP contribution in [0.4, 0.5) is 5.69 Å². The Balaban J connectivity index is 1.60. The van der Waals surface area contributed by atoms with Crippen molar-refractivity contribution in [3.05, 3.63) is 58.6 Å². The van der Waals surface area contributed by atoms with Crippen LogP contribution in [0, 0.1) is 0 Å². The summed E-state index contributed by atoms with van der Waals surface area (Å²) in [7, 11) is 0. The molecule has 0 radical (unpaired) electrons. The molecular formula is C20H20ClNO2. The lowest BCUT2D eigenvalue weighted by atomic mass is 9.93. The van der Waals surface area contributed by atoms with E-state index in [1.807, 2.05) is 30.3 Å². The molecule has 2 aromatic carbocycles. The first-order valence-corrected chi connectivity index (χ1v) is 8.93. The maximum absolute atomic E-state index is 12.4. The van der Waals surface area contributed by atoms with E-state index in [0.717, 1.165) is 35.4 Å². The predicted octanol–water partition coefficient (Wildman–Crippen LogP) is 4.94. The molecule has 1 saturated carbocycles. The van der Waals surface area contributed by atoms with E-state index in [2.05, 4.69) is 11.4 Å². The van der Waals surface area contributed by atoms with Gasteiger partial charge in [-0.2, -0.15) is 0 Å². The van der Waals surface area contributed by atoms with Crippen LogP contribution in [-0.4, -0.2) is 12.0 Å². The van der Waals surface area contributed by atoms with Gasteiger partial charge in [0, 0.05) is 10.7 Å². The average molecular weight is 342 g/mol. The highest BCUT2D eigenvalue weighted by Gasteiger charge is 2.31. The summed E-state index contributed by atoms with van der Waals surface area (Å²) in [6.45, 7) is 0. The van der Waals surface area contributed by atoms with Gasteiger partial charge in [-0.3, -0.25) is 4.79 Å². The first kappa shape index (κ1) is 15.5. The van der Waals surface area contributed by atoms with Gasteiger partial charge >= 0.3 is 0 Å². The number of hydrogen-bond donors (Lipinski definition) is 1. The molecule has 1 heterocycles. The minimum Gasteiger partial charge on any atom is -0.490 e. The second-order valence-corrected chi connectivity index (χ2v) is 7.05. The normalized spacial score (nSPS) is 20.0. The van der Waals surface area contributed by atoms with Gasteiger partial charge in [0.15, 0.2) is 0 Å². The highest BCUT2D eigenvalue weighted by Crippen LogP contribution is 2.38. The third-order valence-corrected chi connectivity index (χ3v) is 5.19. The lowest BCUT2D eigenvalue weighted by Crippen LogP contribution is -2.16. The van der Waals surface area contributed by atoms with Crippen molar-refractivity contribution >= 4 is 23.2 Å². The second-order valence-electron chi connectivity index (χ2n) is 6.61. The Morgan fingerprint density at radius 2 is 1.92 bits per heavy atom. The van der Waals surface area contributed by atoms with Gasteiger partial charge in [0.25, 0.3) is 0 Å². The van der Waals surface area contributed by atoms with E-state index >= 15 is 0 Å². The summed E-state index contributed by atoms with van der Waals surface area (Å²) in [5.41, 5.74) is 2.92. The summed E-state index contributed by atoms with van der Waals surface area (Å²) in [6, 6.07) is 13.6. The van der Waals surface area contributed by atoms with Crippen LogP contribution in [0.2, 0.25) is 5.02 Å². The van der Waals surface area contributed by atoms with Gasteiger partial charge < -0.3 is 10.1 Å². The van der Waals surface area contributed by atoms with Gasteiger partial charge in [-0.15, -0.1) is 0 Å². The summed E-state index contributed by atoms with van der Waals surface area (Å²) in [5, 5.41) is 3.61. The fourth-order valence-electron chi connectivity index (χ4n) is 3.69. The summed E-state index contributed by atoms with van der Waals surface area (Å²) in [6.07, 6.45) is 5.66. The lowest BCUT2D eigenvalue weighted by molar-refractivity contribution is -0.117. The Morgan fingerprint density at radius 1 is 1.12 bits per heavy atom. The summed E-state index contributed by atoms with van der Waals surface area (Å²) in [5.74, 6) is 0.725. The number of fused-ring (bicyclic) bond motifs is 1. The number of anilines is 1. The van der Waals surface area contributed by atoms with Crippen LogP contribution >= 0.6 is 11.6 Å². The molecule has 124 valence electrons. The first-order chi connectivity index (χ1) is 11.7. The summed E-state index contributed by atoms with van der Waals surface area (Å²) < 4.78 is 6.21. The summed E-state index contributed by atoms with van der Waals surface area (Å²) in [4.78, 5) is 12.4. The molecule has 1 aliphatic carbocycles. The molecule has 1 amide bonds. The molecule has 3 nitrogen and oxygen atoms in total. The number of carbonyl (C=O) groups is 1. The van der Waals surface area contributed by atoms with Crippen LogP contribution in [0.3, 0.4) is 0 Å². The fraction of sp³-hybridized carbons (Fsp3) is 0.350. The lowest BCUT2D eigenvalue weighted by Gasteiger charge is -2.18. The van der Waals surface area contributed by atoms with Crippen molar-refractivity contribution in [2.45, 2.75) is 44.1 Å². The zero-order valence-corrected chi connectivity index (χ0v) is 14.2. The van der Waals surface area contributed by atoms with E-state index in [4.69, 9.17) is 16.3 Å². The molecular weight excluding hydrogens is 322 g/mol. The molecule has 1 fully saturated rings. The maximum Gasteiger partial charge on any atom is 0.232 e. The highest BCUT2D eigenvalue weighted by molar-refractivity contribution is 6.31. The fourth-order valence-corrected chi connectivity index (χ4v) is 3.87. The minimum atomic E-state index is -0.216. The van der Waals surface area contributed by atoms with Crippen molar-refractivity contribution in [1.82, 2.24) is 0 Å². The van der Waals surface area contributed by atoms with E-state index in [-0.39, 0.29) is 11.8 Å². The van der Waals surface area contributed by atoms with E-state index in [1.54, 1.807) is 6.07 Å².